The number of aryl methyl sites for hydroxylation is 1. The smallest absolute Gasteiger partial charge is 0.277 e. The quantitative estimate of drug-likeness (QED) is 0.514. The number of ether oxygens (including phenoxy) is 1. The number of hydrogen-bond acceptors (Lipinski definition) is 5. The lowest BCUT2D eigenvalue weighted by molar-refractivity contribution is -0.123. The van der Waals surface area contributed by atoms with Crippen LogP contribution >= 0.6 is 11.6 Å². The summed E-state index contributed by atoms with van der Waals surface area (Å²) in [6.45, 7) is 1.53. The number of hydrazone groups is 1. The molecular formula is C20H16ClN5O2. The zero-order valence-electron chi connectivity index (χ0n) is 15.0. The van der Waals surface area contributed by atoms with Crippen LogP contribution in [0.25, 0.3) is 5.69 Å². The zero-order valence-corrected chi connectivity index (χ0v) is 15.7. The minimum atomic E-state index is -0.465. The van der Waals surface area contributed by atoms with Crippen molar-refractivity contribution >= 4 is 23.7 Å². The van der Waals surface area contributed by atoms with Crippen LogP contribution in [0.2, 0.25) is 5.15 Å². The normalized spacial score (nSPS) is 10.6. The van der Waals surface area contributed by atoms with Crippen LogP contribution in [0.3, 0.4) is 0 Å². The molecule has 0 atom stereocenters. The lowest BCUT2D eigenvalue weighted by Gasteiger charge is -2.06. The number of rotatable bonds is 6. The summed E-state index contributed by atoms with van der Waals surface area (Å²) in [4.78, 5) is 11.9. The molecule has 7 nitrogen and oxygen atoms in total. The van der Waals surface area contributed by atoms with Crippen LogP contribution in [0.15, 0.2) is 59.7 Å². The molecule has 0 bridgehead atoms. The second kappa shape index (κ2) is 8.84. The number of nitrogens with zero attached hydrogens (tertiary/aromatic N) is 4. The average Bonchev–Trinajstić information content (AvgIpc) is 3.01. The first kappa shape index (κ1) is 19.1. The molecule has 0 saturated carbocycles. The number of aromatic nitrogens is 2. The van der Waals surface area contributed by atoms with Gasteiger partial charge in [0.1, 0.15) is 17.0 Å². The largest absolute Gasteiger partial charge is 0.482 e. The molecule has 0 aliphatic rings. The average molecular weight is 394 g/mol. The first-order chi connectivity index (χ1) is 13.6. The van der Waals surface area contributed by atoms with E-state index in [0.717, 1.165) is 5.69 Å². The van der Waals surface area contributed by atoms with Crippen molar-refractivity contribution in [3.05, 3.63) is 76.6 Å². The van der Waals surface area contributed by atoms with Crippen molar-refractivity contribution in [1.29, 1.82) is 5.26 Å². The number of para-hydroxylation sites is 2. The Kier molecular flexibility index (Phi) is 6.04. The molecule has 140 valence electrons. The molecule has 0 aliphatic heterocycles. The Labute approximate surface area is 166 Å². The van der Waals surface area contributed by atoms with E-state index in [9.17, 15) is 4.79 Å². The summed E-state index contributed by atoms with van der Waals surface area (Å²) in [6, 6.07) is 18.1. The third-order valence-electron chi connectivity index (χ3n) is 3.80. The van der Waals surface area contributed by atoms with Crippen molar-refractivity contribution in [1.82, 2.24) is 15.2 Å². The molecule has 1 aromatic heterocycles. The molecule has 0 aliphatic carbocycles. The van der Waals surface area contributed by atoms with Crippen LogP contribution in [0, 0.1) is 18.3 Å². The van der Waals surface area contributed by atoms with Gasteiger partial charge in [-0.2, -0.15) is 15.5 Å². The fraction of sp³-hybridized carbons (Fsp3) is 0.100. The van der Waals surface area contributed by atoms with E-state index in [1.165, 1.54) is 6.21 Å². The van der Waals surface area contributed by atoms with E-state index < -0.39 is 5.91 Å². The minimum absolute atomic E-state index is 0.272. The van der Waals surface area contributed by atoms with Gasteiger partial charge in [0.25, 0.3) is 5.91 Å². The van der Waals surface area contributed by atoms with Crippen LogP contribution in [0.5, 0.6) is 5.75 Å². The summed E-state index contributed by atoms with van der Waals surface area (Å²) in [6.07, 6.45) is 1.44. The van der Waals surface area contributed by atoms with Gasteiger partial charge >= 0.3 is 0 Å². The monoisotopic (exact) mass is 393 g/mol. The maximum atomic E-state index is 11.9. The van der Waals surface area contributed by atoms with E-state index in [1.807, 2.05) is 36.4 Å². The van der Waals surface area contributed by atoms with Gasteiger partial charge < -0.3 is 4.74 Å². The number of hydrogen-bond donors (Lipinski definition) is 1. The van der Waals surface area contributed by atoms with E-state index in [-0.39, 0.29) is 6.61 Å². The highest BCUT2D eigenvalue weighted by atomic mass is 35.5. The third-order valence-corrected chi connectivity index (χ3v) is 4.16. The number of benzene rings is 2. The van der Waals surface area contributed by atoms with Crippen molar-refractivity contribution in [2.75, 3.05) is 6.61 Å². The molecular weight excluding hydrogens is 378 g/mol. The fourth-order valence-corrected chi connectivity index (χ4v) is 2.75. The van der Waals surface area contributed by atoms with Crippen molar-refractivity contribution in [2.24, 2.45) is 5.10 Å². The van der Waals surface area contributed by atoms with Gasteiger partial charge in [-0.1, -0.05) is 41.9 Å². The van der Waals surface area contributed by atoms with Crippen molar-refractivity contribution in [3.63, 3.8) is 0 Å². The number of nitriles is 1. The van der Waals surface area contributed by atoms with Crippen molar-refractivity contribution in [2.45, 2.75) is 6.92 Å². The molecule has 0 radical (unpaired) electrons. The standard InChI is InChI=1S/C20H16ClN5O2/c1-14-17(20(21)26(25-14)16-8-3-2-4-9-16)12-23-24-19(27)13-28-18-10-6-5-7-15(18)11-22/h2-10,12H,13H2,1H3,(H,24,27)/b23-12-. The number of carbonyl (C=O) groups is 1. The second-order valence-corrected chi connectivity index (χ2v) is 6.09. The summed E-state index contributed by atoms with van der Waals surface area (Å²) in [7, 11) is 0. The van der Waals surface area contributed by atoms with Crippen LogP contribution in [0.1, 0.15) is 16.8 Å². The predicted octanol–water partition coefficient (Wildman–Crippen LogP) is 3.23. The lowest BCUT2D eigenvalue weighted by atomic mass is 10.2. The Hall–Kier alpha value is -3.63. The Bertz CT molecular complexity index is 1050. The van der Waals surface area contributed by atoms with E-state index in [0.29, 0.717) is 27.7 Å². The maximum absolute atomic E-state index is 11.9. The summed E-state index contributed by atoms with van der Waals surface area (Å²) in [5.41, 5.74) is 4.82. The van der Waals surface area contributed by atoms with Gasteiger partial charge in [-0.05, 0) is 31.2 Å². The van der Waals surface area contributed by atoms with Gasteiger partial charge in [0.2, 0.25) is 0 Å². The molecule has 2 aromatic carbocycles. The highest BCUT2D eigenvalue weighted by molar-refractivity contribution is 6.32. The minimum Gasteiger partial charge on any atom is -0.482 e. The fourth-order valence-electron chi connectivity index (χ4n) is 2.43. The zero-order chi connectivity index (χ0) is 19.9. The first-order valence-electron chi connectivity index (χ1n) is 8.34. The van der Waals surface area contributed by atoms with E-state index in [1.54, 1.807) is 35.9 Å². The van der Waals surface area contributed by atoms with E-state index in [4.69, 9.17) is 21.6 Å². The Morgan fingerprint density at radius 1 is 1.29 bits per heavy atom. The van der Waals surface area contributed by atoms with Gasteiger partial charge in [-0.15, -0.1) is 0 Å². The highest BCUT2D eigenvalue weighted by Crippen LogP contribution is 2.21. The van der Waals surface area contributed by atoms with Crippen molar-refractivity contribution < 1.29 is 9.53 Å². The SMILES string of the molecule is Cc1nn(-c2ccccc2)c(Cl)c1/C=N\NC(=O)COc1ccccc1C#N. The molecule has 0 saturated heterocycles. The maximum Gasteiger partial charge on any atom is 0.277 e. The first-order valence-corrected chi connectivity index (χ1v) is 8.72. The van der Waals surface area contributed by atoms with Crippen LogP contribution in [-0.2, 0) is 4.79 Å². The summed E-state index contributed by atoms with van der Waals surface area (Å²) in [5.74, 6) is -0.125. The third kappa shape index (κ3) is 4.37. The van der Waals surface area contributed by atoms with Crippen molar-refractivity contribution in [3.8, 4) is 17.5 Å². The molecule has 3 rings (SSSR count). The van der Waals surface area contributed by atoms with Gasteiger partial charge in [0.15, 0.2) is 6.61 Å². The number of halogens is 1. The molecule has 8 heteroatoms. The Balaban J connectivity index is 1.63. The number of carbonyl (C=O) groups excluding carboxylic acids is 1. The lowest BCUT2D eigenvalue weighted by Crippen LogP contribution is -2.24. The Morgan fingerprint density at radius 3 is 2.75 bits per heavy atom. The topological polar surface area (TPSA) is 92.3 Å². The molecule has 3 aromatic rings. The highest BCUT2D eigenvalue weighted by Gasteiger charge is 2.13. The van der Waals surface area contributed by atoms with E-state index >= 15 is 0 Å². The van der Waals surface area contributed by atoms with E-state index in [2.05, 4.69) is 15.6 Å². The number of amides is 1. The molecule has 0 spiro atoms. The summed E-state index contributed by atoms with van der Waals surface area (Å²) < 4.78 is 6.95. The Morgan fingerprint density at radius 2 is 2.00 bits per heavy atom. The molecule has 0 fully saturated rings. The van der Waals surface area contributed by atoms with Gasteiger partial charge in [0, 0.05) is 0 Å². The van der Waals surface area contributed by atoms with Gasteiger partial charge in [-0.25, -0.2) is 10.1 Å². The number of nitrogens with one attached hydrogen (secondary N) is 1. The molecule has 0 unspecified atom stereocenters. The van der Waals surface area contributed by atoms with Crippen LogP contribution < -0.4 is 10.2 Å². The predicted molar refractivity (Wildman–Crippen MR) is 106 cm³/mol. The molecule has 28 heavy (non-hydrogen) atoms. The molecule has 1 N–H and O–H groups in total. The summed E-state index contributed by atoms with van der Waals surface area (Å²) >= 11 is 6.40. The van der Waals surface area contributed by atoms with Gasteiger partial charge in [0.05, 0.1) is 28.7 Å². The van der Waals surface area contributed by atoms with Crippen LogP contribution in [-0.4, -0.2) is 28.5 Å². The summed E-state index contributed by atoms with van der Waals surface area (Å²) in [5, 5.41) is 17.7. The second-order valence-electron chi connectivity index (χ2n) is 5.73. The van der Waals surface area contributed by atoms with Gasteiger partial charge in [-0.3, -0.25) is 4.79 Å². The molecule has 1 amide bonds. The van der Waals surface area contributed by atoms with Crippen LogP contribution in [0.4, 0.5) is 0 Å². The molecule has 1 heterocycles.